The van der Waals surface area contributed by atoms with Crippen LogP contribution in [0.5, 0.6) is 0 Å². The standard InChI is InChI=1S/C18H22FN3O/c19-17-6-3-9-20-18(17)21-12-14-4-1-2-5-15(14)13-22-10-7-16(23)8-11-22/h1-6,9,16,23H,7-8,10-13H2,(H,20,21). The lowest BCUT2D eigenvalue weighted by molar-refractivity contribution is 0.0791. The van der Waals surface area contributed by atoms with Crippen molar-refractivity contribution in [2.45, 2.75) is 32.0 Å². The van der Waals surface area contributed by atoms with Gasteiger partial charge in [0.25, 0.3) is 0 Å². The number of aliphatic hydroxyl groups excluding tert-OH is 1. The van der Waals surface area contributed by atoms with E-state index in [1.54, 1.807) is 12.3 Å². The summed E-state index contributed by atoms with van der Waals surface area (Å²) < 4.78 is 13.6. The van der Waals surface area contributed by atoms with Crippen LogP contribution in [0.4, 0.5) is 10.2 Å². The summed E-state index contributed by atoms with van der Waals surface area (Å²) in [6.07, 6.45) is 3.09. The molecule has 0 radical (unpaired) electrons. The summed E-state index contributed by atoms with van der Waals surface area (Å²) in [5.74, 6) is -0.0570. The third-order valence-corrected chi connectivity index (χ3v) is 4.27. The minimum atomic E-state index is -0.338. The monoisotopic (exact) mass is 315 g/mol. The van der Waals surface area contributed by atoms with Gasteiger partial charge in [-0.05, 0) is 36.1 Å². The van der Waals surface area contributed by atoms with Gasteiger partial charge in [-0.3, -0.25) is 4.90 Å². The van der Waals surface area contributed by atoms with E-state index in [0.717, 1.165) is 38.0 Å². The van der Waals surface area contributed by atoms with Gasteiger partial charge < -0.3 is 10.4 Å². The fraction of sp³-hybridized carbons (Fsp3) is 0.389. The number of aliphatic hydroxyl groups is 1. The number of benzene rings is 1. The molecular weight excluding hydrogens is 293 g/mol. The largest absolute Gasteiger partial charge is 0.393 e. The summed E-state index contributed by atoms with van der Waals surface area (Å²) in [6, 6.07) is 11.2. The van der Waals surface area contributed by atoms with Crippen LogP contribution in [0.1, 0.15) is 24.0 Å². The molecule has 23 heavy (non-hydrogen) atoms. The number of anilines is 1. The fourth-order valence-corrected chi connectivity index (χ4v) is 2.90. The Balaban J connectivity index is 1.65. The molecule has 0 bridgehead atoms. The van der Waals surface area contributed by atoms with Crippen LogP contribution < -0.4 is 5.32 Å². The zero-order valence-corrected chi connectivity index (χ0v) is 13.1. The molecule has 0 saturated carbocycles. The molecule has 122 valence electrons. The van der Waals surface area contributed by atoms with Gasteiger partial charge in [0, 0.05) is 32.4 Å². The number of likely N-dealkylation sites (tertiary alicyclic amines) is 1. The van der Waals surface area contributed by atoms with Gasteiger partial charge >= 0.3 is 0 Å². The van der Waals surface area contributed by atoms with E-state index >= 15 is 0 Å². The molecule has 2 heterocycles. The van der Waals surface area contributed by atoms with Crippen molar-refractivity contribution < 1.29 is 9.50 Å². The molecule has 5 heteroatoms. The lowest BCUT2D eigenvalue weighted by Crippen LogP contribution is -2.35. The summed E-state index contributed by atoms with van der Waals surface area (Å²) in [5, 5.41) is 12.7. The molecule has 2 N–H and O–H groups in total. The second kappa shape index (κ2) is 7.53. The van der Waals surface area contributed by atoms with Gasteiger partial charge in [-0.1, -0.05) is 24.3 Å². The predicted octanol–water partition coefficient (Wildman–Crippen LogP) is 2.79. The number of piperidine rings is 1. The summed E-state index contributed by atoms with van der Waals surface area (Å²) >= 11 is 0. The predicted molar refractivity (Wildman–Crippen MR) is 88.5 cm³/mol. The highest BCUT2D eigenvalue weighted by atomic mass is 19.1. The van der Waals surface area contributed by atoms with E-state index in [4.69, 9.17) is 0 Å². The lowest BCUT2D eigenvalue weighted by Gasteiger charge is -2.30. The van der Waals surface area contributed by atoms with Gasteiger partial charge in [-0.25, -0.2) is 9.37 Å². The van der Waals surface area contributed by atoms with E-state index in [9.17, 15) is 9.50 Å². The van der Waals surface area contributed by atoms with Crippen LogP contribution in [-0.4, -0.2) is 34.2 Å². The number of nitrogens with zero attached hydrogens (tertiary/aromatic N) is 2. The highest BCUT2D eigenvalue weighted by molar-refractivity contribution is 5.38. The topological polar surface area (TPSA) is 48.4 Å². The normalized spacial score (nSPS) is 16.4. The Kier molecular flexibility index (Phi) is 5.20. The Hall–Kier alpha value is -1.98. The van der Waals surface area contributed by atoms with E-state index in [1.807, 2.05) is 12.1 Å². The zero-order chi connectivity index (χ0) is 16.1. The van der Waals surface area contributed by atoms with Crippen molar-refractivity contribution in [2.24, 2.45) is 0 Å². The van der Waals surface area contributed by atoms with Crippen LogP contribution in [0.3, 0.4) is 0 Å². The Labute approximate surface area is 136 Å². The Morgan fingerprint density at radius 2 is 1.87 bits per heavy atom. The van der Waals surface area contributed by atoms with Crippen molar-refractivity contribution in [3.8, 4) is 0 Å². The SMILES string of the molecule is OC1CCN(Cc2ccccc2CNc2ncccc2F)CC1. The molecule has 1 aromatic heterocycles. The van der Waals surface area contributed by atoms with Crippen molar-refractivity contribution in [3.05, 3.63) is 59.5 Å². The van der Waals surface area contributed by atoms with E-state index in [0.29, 0.717) is 6.54 Å². The number of nitrogens with one attached hydrogen (secondary N) is 1. The first-order valence-corrected chi connectivity index (χ1v) is 8.04. The molecule has 1 saturated heterocycles. The Morgan fingerprint density at radius 3 is 2.61 bits per heavy atom. The molecule has 0 aliphatic carbocycles. The second-order valence-electron chi connectivity index (χ2n) is 5.96. The van der Waals surface area contributed by atoms with E-state index in [-0.39, 0.29) is 17.7 Å². The number of hydrogen-bond acceptors (Lipinski definition) is 4. The van der Waals surface area contributed by atoms with Gasteiger partial charge in [0.15, 0.2) is 11.6 Å². The number of aromatic nitrogens is 1. The lowest BCUT2D eigenvalue weighted by atomic mass is 10.0. The van der Waals surface area contributed by atoms with Crippen molar-refractivity contribution in [1.82, 2.24) is 9.88 Å². The van der Waals surface area contributed by atoms with Crippen LogP contribution in [0.25, 0.3) is 0 Å². The van der Waals surface area contributed by atoms with Crippen molar-refractivity contribution >= 4 is 5.82 Å². The summed E-state index contributed by atoms with van der Waals surface area (Å²) in [7, 11) is 0. The number of pyridine rings is 1. The van der Waals surface area contributed by atoms with Gasteiger partial charge in [-0.15, -0.1) is 0 Å². The molecule has 1 aromatic carbocycles. The number of halogens is 1. The minimum absolute atomic E-state index is 0.157. The summed E-state index contributed by atoms with van der Waals surface area (Å²) in [6.45, 7) is 3.23. The van der Waals surface area contributed by atoms with Crippen LogP contribution in [0.15, 0.2) is 42.6 Å². The molecular formula is C18H22FN3O. The average molecular weight is 315 g/mol. The van der Waals surface area contributed by atoms with Crippen molar-refractivity contribution in [2.75, 3.05) is 18.4 Å². The van der Waals surface area contributed by atoms with Crippen LogP contribution in [-0.2, 0) is 13.1 Å². The smallest absolute Gasteiger partial charge is 0.165 e. The molecule has 0 atom stereocenters. The van der Waals surface area contributed by atoms with Crippen molar-refractivity contribution in [3.63, 3.8) is 0 Å². The molecule has 0 spiro atoms. The molecule has 4 nitrogen and oxygen atoms in total. The highest BCUT2D eigenvalue weighted by Crippen LogP contribution is 2.18. The highest BCUT2D eigenvalue weighted by Gasteiger charge is 2.17. The fourth-order valence-electron chi connectivity index (χ4n) is 2.90. The van der Waals surface area contributed by atoms with Crippen molar-refractivity contribution in [1.29, 1.82) is 0 Å². The molecule has 1 aliphatic rings. The van der Waals surface area contributed by atoms with Crippen LogP contribution in [0.2, 0.25) is 0 Å². The molecule has 3 rings (SSSR count). The molecule has 0 unspecified atom stereocenters. The zero-order valence-electron chi connectivity index (χ0n) is 13.1. The number of rotatable bonds is 5. The van der Waals surface area contributed by atoms with Gasteiger partial charge in [0.2, 0.25) is 0 Å². The summed E-state index contributed by atoms with van der Waals surface area (Å²) in [5.41, 5.74) is 2.37. The minimum Gasteiger partial charge on any atom is -0.393 e. The summed E-state index contributed by atoms with van der Waals surface area (Å²) in [4.78, 5) is 6.38. The first-order valence-electron chi connectivity index (χ1n) is 8.04. The maximum Gasteiger partial charge on any atom is 0.165 e. The maximum absolute atomic E-state index is 13.6. The Morgan fingerprint density at radius 1 is 1.13 bits per heavy atom. The second-order valence-corrected chi connectivity index (χ2v) is 5.96. The van der Waals surface area contributed by atoms with Gasteiger partial charge in [-0.2, -0.15) is 0 Å². The average Bonchev–Trinajstić information content (AvgIpc) is 2.57. The first kappa shape index (κ1) is 15.9. The third-order valence-electron chi connectivity index (χ3n) is 4.27. The number of hydrogen-bond donors (Lipinski definition) is 2. The van der Waals surface area contributed by atoms with E-state index < -0.39 is 0 Å². The first-order chi connectivity index (χ1) is 11.2. The molecule has 0 amide bonds. The third kappa shape index (κ3) is 4.27. The maximum atomic E-state index is 13.6. The molecule has 1 fully saturated rings. The van der Waals surface area contributed by atoms with E-state index in [2.05, 4.69) is 27.3 Å². The molecule has 1 aliphatic heterocycles. The van der Waals surface area contributed by atoms with Gasteiger partial charge in [0.1, 0.15) is 0 Å². The quantitative estimate of drug-likeness (QED) is 0.891. The van der Waals surface area contributed by atoms with Gasteiger partial charge in [0.05, 0.1) is 6.10 Å². The van der Waals surface area contributed by atoms with Crippen LogP contribution in [0, 0.1) is 5.82 Å². The Bertz CT molecular complexity index is 642. The molecule has 2 aromatic rings. The van der Waals surface area contributed by atoms with E-state index in [1.165, 1.54) is 11.6 Å². The van der Waals surface area contributed by atoms with Crippen LogP contribution >= 0.6 is 0 Å².